The summed E-state index contributed by atoms with van der Waals surface area (Å²) in [6.45, 7) is 9.59. The first kappa shape index (κ1) is 15.7. The molecule has 21 heavy (non-hydrogen) atoms. The van der Waals surface area contributed by atoms with Gasteiger partial charge in [-0.15, -0.1) is 0 Å². The van der Waals surface area contributed by atoms with Gasteiger partial charge in [-0.05, 0) is 19.0 Å². The maximum absolute atomic E-state index is 12.5. The Hall–Kier alpha value is -1.69. The molecular weight excluding hydrogens is 266 g/mol. The monoisotopic (exact) mass is 291 g/mol. The second kappa shape index (κ2) is 7.93. The number of carbonyl (C=O) groups excluding carboxylic acids is 1. The Balaban J connectivity index is 1.94. The number of nitrogens with zero attached hydrogens (tertiary/aromatic N) is 4. The molecule has 2 heterocycles. The van der Waals surface area contributed by atoms with Gasteiger partial charge in [0, 0.05) is 38.9 Å². The molecule has 1 aliphatic heterocycles. The number of unbranched alkanes of at least 4 members (excludes halogenated alkanes) is 1. The van der Waals surface area contributed by atoms with Crippen LogP contribution in [0.2, 0.25) is 0 Å². The van der Waals surface area contributed by atoms with Gasteiger partial charge in [-0.25, -0.2) is 9.97 Å². The minimum atomic E-state index is 0.00620. The quantitative estimate of drug-likeness (QED) is 0.804. The van der Waals surface area contributed by atoms with Gasteiger partial charge in [-0.3, -0.25) is 4.79 Å². The Morgan fingerprint density at radius 3 is 2.71 bits per heavy atom. The van der Waals surface area contributed by atoms with E-state index in [1.165, 1.54) is 0 Å². The lowest BCUT2D eigenvalue weighted by atomic mass is 10.2. The molecule has 1 fully saturated rings. The van der Waals surface area contributed by atoms with Crippen molar-refractivity contribution in [2.75, 3.05) is 44.6 Å². The topological polar surface area (TPSA) is 61.4 Å². The van der Waals surface area contributed by atoms with Crippen molar-refractivity contribution in [3.05, 3.63) is 18.0 Å². The molecule has 1 aliphatic rings. The third kappa shape index (κ3) is 4.39. The molecule has 0 aliphatic carbocycles. The first-order valence-corrected chi connectivity index (χ1v) is 7.83. The van der Waals surface area contributed by atoms with Crippen LogP contribution in [0.3, 0.4) is 0 Å². The molecule has 0 saturated carbocycles. The summed E-state index contributed by atoms with van der Waals surface area (Å²) in [5.41, 5.74) is 0.481. The highest BCUT2D eigenvalue weighted by Gasteiger charge is 2.22. The van der Waals surface area contributed by atoms with Crippen LogP contribution in [0.4, 0.5) is 5.95 Å². The van der Waals surface area contributed by atoms with Crippen molar-refractivity contribution in [1.82, 2.24) is 19.8 Å². The summed E-state index contributed by atoms with van der Waals surface area (Å²) < 4.78 is 0. The van der Waals surface area contributed by atoms with Crippen molar-refractivity contribution in [2.24, 2.45) is 0 Å². The molecule has 1 aromatic rings. The summed E-state index contributed by atoms with van der Waals surface area (Å²) in [6.07, 6.45) is 3.84. The molecule has 6 nitrogen and oxygen atoms in total. The minimum absolute atomic E-state index is 0.00620. The van der Waals surface area contributed by atoms with E-state index in [1.54, 1.807) is 12.3 Å². The fourth-order valence-corrected chi connectivity index (χ4v) is 2.37. The Morgan fingerprint density at radius 2 is 2.05 bits per heavy atom. The van der Waals surface area contributed by atoms with Gasteiger partial charge in [0.05, 0.1) is 0 Å². The predicted molar refractivity (Wildman–Crippen MR) is 83.4 cm³/mol. The highest BCUT2D eigenvalue weighted by atomic mass is 16.2. The van der Waals surface area contributed by atoms with Crippen molar-refractivity contribution in [3.63, 3.8) is 0 Å². The Labute approximate surface area is 126 Å². The third-order valence-corrected chi connectivity index (χ3v) is 3.79. The molecule has 1 saturated heterocycles. The molecule has 116 valence electrons. The number of amides is 1. The molecule has 1 amide bonds. The normalized spacial score (nSPS) is 16.0. The Morgan fingerprint density at radius 1 is 1.29 bits per heavy atom. The Bertz CT molecular complexity index is 457. The molecule has 1 N–H and O–H groups in total. The van der Waals surface area contributed by atoms with E-state index in [2.05, 4.69) is 34.0 Å². The van der Waals surface area contributed by atoms with Crippen molar-refractivity contribution in [3.8, 4) is 0 Å². The van der Waals surface area contributed by atoms with Crippen LogP contribution < -0.4 is 5.32 Å². The predicted octanol–water partition coefficient (Wildman–Crippen LogP) is 1.47. The van der Waals surface area contributed by atoms with Crippen LogP contribution in [-0.2, 0) is 0 Å². The van der Waals surface area contributed by atoms with Gasteiger partial charge in [0.15, 0.2) is 0 Å². The number of hydrogen-bond acceptors (Lipinski definition) is 5. The van der Waals surface area contributed by atoms with Gasteiger partial charge in [-0.2, -0.15) is 0 Å². The van der Waals surface area contributed by atoms with Crippen LogP contribution in [0.25, 0.3) is 0 Å². The van der Waals surface area contributed by atoms with E-state index in [-0.39, 0.29) is 5.91 Å². The Kier molecular flexibility index (Phi) is 5.92. The molecule has 6 heteroatoms. The minimum Gasteiger partial charge on any atom is -0.354 e. The van der Waals surface area contributed by atoms with E-state index in [0.29, 0.717) is 11.6 Å². The van der Waals surface area contributed by atoms with Gasteiger partial charge in [0.2, 0.25) is 5.95 Å². The van der Waals surface area contributed by atoms with Gasteiger partial charge in [-0.1, -0.05) is 20.3 Å². The molecule has 0 atom stereocenters. The summed E-state index contributed by atoms with van der Waals surface area (Å²) in [6, 6.07) is 1.69. The maximum atomic E-state index is 12.5. The van der Waals surface area contributed by atoms with Crippen molar-refractivity contribution in [1.29, 1.82) is 0 Å². The van der Waals surface area contributed by atoms with Crippen LogP contribution >= 0.6 is 0 Å². The number of nitrogens with one attached hydrogen (secondary N) is 1. The summed E-state index contributed by atoms with van der Waals surface area (Å²) in [4.78, 5) is 25.2. The largest absolute Gasteiger partial charge is 0.354 e. The molecule has 0 unspecified atom stereocenters. The molecule has 2 rings (SSSR count). The summed E-state index contributed by atoms with van der Waals surface area (Å²) in [5, 5.41) is 3.16. The van der Waals surface area contributed by atoms with Crippen molar-refractivity contribution < 1.29 is 4.79 Å². The van der Waals surface area contributed by atoms with E-state index >= 15 is 0 Å². The van der Waals surface area contributed by atoms with Crippen molar-refractivity contribution in [2.45, 2.75) is 26.7 Å². The van der Waals surface area contributed by atoms with E-state index in [1.807, 2.05) is 4.90 Å². The first-order chi connectivity index (χ1) is 10.2. The number of likely N-dealkylation sites (N-methyl/N-ethyl adjacent to an activating group) is 1. The number of hydrogen-bond donors (Lipinski definition) is 1. The van der Waals surface area contributed by atoms with Gasteiger partial charge in [0.1, 0.15) is 5.69 Å². The zero-order valence-corrected chi connectivity index (χ0v) is 13.0. The zero-order valence-electron chi connectivity index (χ0n) is 13.0. The summed E-state index contributed by atoms with van der Waals surface area (Å²) >= 11 is 0. The molecule has 0 aromatic carbocycles. The number of carbonyl (C=O) groups is 1. The van der Waals surface area contributed by atoms with Gasteiger partial charge in [0.25, 0.3) is 5.91 Å². The number of anilines is 1. The maximum Gasteiger partial charge on any atom is 0.272 e. The highest BCUT2D eigenvalue weighted by molar-refractivity contribution is 5.92. The lowest BCUT2D eigenvalue weighted by Gasteiger charge is -2.33. The average Bonchev–Trinajstić information content (AvgIpc) is 2.55. The second-order valence-corrected chi connectivity index (χ2v) is 5.27. The van der Waals surface area contributed by atoms with Crippen LogP contribution in [-0.4, -0.2) is 64.9 Å². The second-order valence-electron chi connectivity index (χ2n) is 5.27. The first-order valence-electron chi connectivity index (χ1n) is 7.83. The molecule has 0 radical (unpaired) electrons. The van der Waals surface area contributed by atoms with Gasteiger partial charge < -0.3 is 15.1 Å². The number of rotatable bonds is 6. The number of aromatic nitrogens is 2. The SMILES string of the molecule is CCCCNc1nccc(C(=O)N2CCN(CC)CC2)n1. The smallest absolute Gasteiger partial charge is 0.272 e. The van der Waals surface area contributed by atoms with Gasteiger partial charge >= 0.3 is 0 Å². The molecular formula is C15H25N5O. The van der Waals surface area contributed by atoms with E-state index in [0.717, 1.165) is 52.1 Å². The van der Waals surface area contributed by atoms with E-state index in [4.69, 9.17) is 0 Å². The van der Waals surface area contributed by atoms with Crippen LogP contribution in [0.1, 0.15) is 37.2 Å². The standard InChI is InChI=1S/C15H25N5O/c1-3-5-7-16-15-17-8-6-13(18-15)14(21)20-11-9-19(4-2)10-12-20/h6,8H,3-5,7,9-12H2,1-2H3,(H,16,17,18). The van der Waals surface area contributed by atoms with Crippen LogP contribution in [0.15, 0.2) is 12.3 Å². The number of piperazine rings is 1. The fraction of sp³-hybridized carbons (Fsp3) is 0.667. The molecule has 1 aromatic heterocycles. The third-order valence-electron chi connectivity index (χ3n) is 3.79. The van der Waals surface area contributed by atoms with Crippen LogP contribution in [0, 0.1) is 0 Å². The van der Waals surface area contributed by atoms with E-state index in [9.17, 15) is 4.79 Å². The molecule has 0 spiro atoms. The van der Waals surface area contributed by atoms with E-state index < -0.39 is 0 Å². The summed E-state index contributed by atoms with van der Waals surface area (Å²) in [5.74, 6) is 0.549. The average molecular weight is 291 g/mol. The lowest BCUT2D eigenvalue weighted by Crippen LogP contribution is -2.48. The van der Waals surface area contributed by atoms with Crippen molar-refractivity contribution >= 4 is 11.9 Å². The highest BCUT2D eigenvalue weighted by Crippen LogP contribution is 2.08. The molecule has 0 bridgehead atoms. The lowest BCUT2D eigenvalue weighted by molar-refractivity contribution is 0.0637. The fourth-order valence-electron chi connectivity index (χ4n) is 2.37. The zero-order chi connectivity index (χ0) is 15.1. The summed E-state index contributed by atoms with van der Waals surface area (Å²) in [7, 11) is 0. The van der Waals surface area contributed by atoms with Crippen LogP contribution in [0.5, 0.6) is 0 Å².